The van der Waals surface area contributed by atoms with Crippen LogP contribution in [0.3, 0.4) is 0 Å². The van der Waals surface area contributed by atoms with Crippen molar-refractivity contribution in [1.82, 2.24) is 0 Å². The number of hydrogen-bond donors (Lipinski definition) is 3. The molecule has 3 rings (SSSR count). The van der Waals surface area contributed by atoms with Gasteiger partial charge in [-0.1, -0.05) is 49.6 Å². The van der Waals surface area contributed by atoms with Crippen molar-refractivity contribution in [2.45, 2.75) is 70.0 Å². The van der Waals surface area contributed by atoms with Gasteiger partial charge in [-0.25, -0.2) is 0 Å². The number of thiophene rings is 1. The Bertz CT molecular complexity index is 794. The molecule has 1 fully saturated rings. The highest BCUT2D eigenvalue weighted by atomic mass is 32.1. The fourth-order valence-corrected chi connectivity index (χ4v) is 5.70. The van der Waals surface area contributed by atoms with E-state index in [2.05, 4.69) is 24.8 Å². The van der Waals surface area contributed by atoms with Crippen molar-refractivity contribution in [2.75, 3.05) is 0 Å². The first-order valence-electron chi connectivity index (χ1n) is 10.7. The lowest BCUT2D eigenvalue weighted by atomic mass is 9.84. The summed E-state index contributed by atoms with van der Waals surface area (Å²) in [5, 5.41) is 31.1. The number of carbonyl (C=O) groups is 1. The molecule has 1 saturated carbocycles. The first kappa shape index (κ1) is 22.0. The van der Waals surface area contributed by atoms with E-state index in [1.807, 2.05) is 12.1 Å². The lowest BCUT2D eigenvalue weighted by Gasteiger charge is -2.23. The van der Waals surface area contributed by atoms with Crippen LogP contribution in [0, 0.1) is 11.8 Å². The lowest BCUT2D eigenvalue weighted by Crippen LogP contribution is -2.20. The van der Waals surface area contributed by atoms with E-state index >= 15 is 0 Å². The van der Waals surface area contributed by atoms with Crippen LogP contribution in [-0.2, 0) is 4.79 Å². The molecule has 0 amide bonds. The molecule has 1 unspecified atom stereocenters. The van der Waals surface area contributed by atoms with Gasteiger partial charge in [-0.05, 0) is 61.5 Å². The quantitative estimate of drug-likeness (QED) is 0.325. The molecule has 158 valence electrons. The highest BCUT2D eigenvalue weighted by Gasteiger charge is 2.37. The van der Waals surface area contributed by atoms with Gasteiger partial charge in [0.05, 0.1) is 12.2 Å². The molecule has 0 saturated heterocycles. The highest BCUT2D eigenvalue weighted by molar-refractivity contribution is 7.19. The Morgan fingerprint density at radius 2 is 1.93 bits per heavy atom. The Balaban J connectivity index is 1.49. The number of carboxylic acids is 1. The van der Waals surface area contributed by atoms with Crippen LogP contribution in [0.15, 0.2) is 42.5 Å². The zero-order chi connectivity index (χ0) is 20.8. The van der Waals surface area contributed by atoms with Crippen LogP contribution in [0.5, 0.6) is 0 Å². The van der Waals surface area contributed by atoms with Crippen LogP contribution in [0.4, 0.5) is 0 Å². The Labute approximate surface area is 176 Å². The summed E-state index contributed by atoms with van der Waals surface area (Å²) in [4.78, 5) is 11.6. The van der Waals surface area contributed by atoms with Gasteiger partial charge in [-0.2, -0.15) is 0 Å². The number of rotatable bonds is 11. The summed E-state index contributed by atoms with van der Waals surface area (Å²) < 4.78 is 1.20. The highest BCUT2D eigenvalue weighted by Crippen LogP contribution is 2.43. The van der Waals surface area contributed by atoms with Crippen molar-refractivity contribution in [1.29, 1.82) is 0 Å². The number of fused-ring (bicyclic) bond motifs is 1. The minimum Gasteiger partial charge on any atom is -0.481 e. The van der Waals surface area contributed by atoms with Crippen molar-refractivity contribution in [2.24, 2.45) is 11.8 Å². The topological polar surface area (TPSA) is 77.8 Å². The molecular weight excluding hydrogens is 384 g/mol. The minimum absolute atomic E-state index is 0.205. The van der Waals surface area contributed by atoms with Gasteiger partial charge in [-0.3, -0.25) is 4.79 Å². The predicted molar refractivity (Wildman–Crippen MR) is 118 cm³/mol. The van der Waals surface area contributed by atoms with Gasteiger partial charge in [0.2, 0.25) is 0 Å². The molecule has 0 radical (unpaired) electrons. The molecule has 0 aliphatic heterocycles. The standard InChI is InChI=1S/C24H32O4S/c1-16-14-21(26)19(9-4-2-3-5-11-24(27)28)18(16)12-13-20(25)23-15-17-8-6-7-10-22(17)29-23/h6-8,10,15,18-21,25-26H,1-5,9,11-14H2,(H,27,28)/t18-,19+,20?,21-/m0/s1. The Morgan fingerprint density at radius 1 is 1.17 bits per heavy atom. The van der Waals surface area contributed by atoms with Gasteiger partial charge in [0.1, 0.15) is 0 Å². The fourth-order valence-electron chi connectivity index (χ4n) is 4.61. The summed E-state index contributed by atoms with van der Waals surface area (Å²) in [7, 11) is 0. The summed E-state index contributed by atoms with van der Waals surface area (Å²) in [5.41, 5.74) is 1.11. The predicted octanol–water partition coefficient (Wildman–Crippen LogP) is 5.69. The van der Waals surface area contributed by atoms with E-state index in [9.17, 15) is 15.0 Å². The average Bonchev–Trinajstić information content (AvgIpc) is 3.23. The van der Waals surface area contributed by atoms with E-state index in [1.54, 1.807) is 11.3 Å². The molecular formula is C24H32O4S. The van der Waals surface area contributed by atoms with E-state index in [-0.39, 0.29) is 24.4 Å². The molecule has 4 nitrogen and oxygen atoms in total. The maximum absolute atomic E-state index is 10.7. The summed E-state index contributed by atoms with van der Waals surface area (Å²) in [6.45, 7) is 4.19. The van der Waals surface area contributed by atoms with Gasteiger partial charge < -0.3 is 15.3 Å². The fraction of sp³-hybridized carbons (Fsp3) is 0.542. The van der Waals surface area contributed by atoms with Gasteiger partial charge in [0.25, 0.3) is 0 Å². The monoisotopic (exact) mass is 416 g/mol. The van der Waals surface area contributed by atoms with E-state index in [1.165, 1.54) is 10.1 Å². The van der Waals surface area contributed by atoms with E-state index in [4.69, 9.17) is 5.11 Å². The molecule has 2 aromatic rings. The number of benzene rings is 1. The molecule has 1 aromatic carbocycles. The third kappa shape index (κ3) is 5.91. The maximum Gasteiger partial charge on any atom is 0.303 e. The van der Waals surface area contributed by atoms with Crippen LogP contribution in [-0.4, -0.2) is 27.4 Å². The molecule has 0 spiro atoms. The van der Waals surface area contributed by atoms with Crippen molar-refractivity contribution >= 4 is 27.4 Å². The van der Waals surface area contributed by atoms with E-state index in [0.29, 0.717) is 12.8 Å². The van der Waals surface area contributed by atoms with Crippen molar-refractivity contribution < 1.29 is 20.1 Å². The number of aliphatic hydroxyl groups is 2. The first-order chi connectivity index (χ1) is 14.0. The number of aliphatic hydroxyl groups excluding tert-OH is 2. The van der Waals surface area contributed by atoms with Crippen LogP contribution >= 0.6 is 11.3 Å². The van der Waals surface area contributed by atoms with Crippen LogP contribution in [0.25, 0.3) is 10.1 Å². The van der Waals surface area contributed by atoms with Crippen molar-refractivity contribution in [3.8, 4) is 0 Å². The SMILES string of the molecule is C=C1C[C@H](O)[C@H](CCCCCCC(=O)O)[C@H]1CCC(O)c1cc2ccccc2s1. The third-order valence-corrected chi connectivity index (χ3v) is 7.43. The number of aliphatic carboxylic acids is 1. The third-order valence-electron chi connectivity index (χ3n) is 6.21. The van der Waals surface area contributed by atoms with Gasteiger partial charge >= 0.3 is 5.97 Å². The van der Waals surface area contributed by atoms with Crippen LogP contribution in [0.1, 0.15) is 68.8 Å². The van der Waals surface area contributed by atoms with Gasteiger partial charge in [0.15, 0.2) is 0 Å². The smallest absolute Gasteiger partial charge is 0.303 e. The zero-order valence-corrected chi connectivity index (χ0v) is 17.7. The zero-order valence-electron chi connectivity index (χ0n) is 16.9. The second kappa shape index (κ2) is 10.4. The first-order valence-corrected chi connectivity index (χ1v) is 11.5. The van der Waals surface area contributed by atoms with Crippen LogP contribution in [0.2, 0.25) is 0 Å². The largest absolute Gasteiger partial charge is 0.481 e. The molecule has 29 heavy (non-hydrogen) atoms. The van der Waals surface area contributed by atoms with Crippen LogP contribution < -0.4 is 0 Å². The molecule has 1 aromatic heterocycles. The summed E-state index contributed by atoms with van der Waals surface area (Å²) >= 11 is 1.65. The Morgan fingerprint density at radius 3 is 2.69 bits per heavy atom. The molecule has 5 heteroatoms. The number of carboxylic acid groups (broad SMARTS) is 1. The number of hydrogen-bond acceptors (Lipinski definition) is 4. The summed E-state index contributed by atoms with van der Waals surface area (Å²) in [6.07, 6.45) is 6.19. The van der Waals surface area contributed by atoms with E-state index in [0.717, 1.165) is 49.0 Å². The van der Waals surface area contributed by atoms with Crippen molar-refractivity contribution in [3.63, 3.8) is 0 Å². The molecule has 1 aliphatic rings. The molecule has 1 aliphatic carbocycles. The summed E-state index contributed by atoms with van der Waals surface area (Å²) in [6, 6.07) is 10.3. The second-order valence-corrected chi connectivity index (χ2v) is 9.44. The maximum atomic E-state index is 10.7. The lowest BCUT2D eigenvalue weighted by molar-refractivity contribution is -0.137. The Kier molecular flexibility index (Phi) is 7.87. The average molecular weight is 417 g/mol. The number of unbranched alkanes of at least 4 members (excludes halogenated alkanes) is 3. The van der Waals surface area contributed by atoms with Crippen molar-refractivity contribution in [3.05, 3.63) is 47.4 Å². The molecule has 0 bridgehead atoms. The van der Waals surface area contributed by atoms with Gasteiger partial charge in [-0.15, -0.1) is 11.3 Å². The molecule has 3 N–H and O–H groups in total. The minimum atomic E-state index is -0.732. The second-order valence-electron chi connectivity index (χ2n) is 8.33. The molecule has 1 heterocycles. The normalized spacial score (nSPS) is 23.0. The van der Waals surface area contributed by atoms with Gasteiger partial charge in [0, 0.05) is 16.0 Å². The molecule has 4 atom stereocenters. The summed E-state index contributed by atoms with van der Waals surface area (Å²) in [5.74, 6) is -0.269. The Hall–Kier alpha value is -1.69. The van der Waals surface area contributed by atoms with E-state index < -0.39 is 12.1 Å².